The summed E-state index contributed by atoms with van der Waals surface area (Å²) in [6.07, 6.45) is 6.94. The molecule has 3 amide bonds. The second kappa shape index (κ2) is 8.87. The van der Waals surface area contributed by atoms with Crippen molar-refractivity contribution >= 4 is 34.1 Å². The third kappa shape index (κ3) is 5.89. The molecule has 3 rings (SSSR count). The molecule has 1 atom stereocenters. The van der Waals surface area contributed by atoms with E-state index in [9.17, 15) is 9.59 Å². The van der Waals surface area contributed by atoms with Gasteiger partial charge in [-0.05, 0) is 29.7 Å². The van der Waals surface area contributed by atoms with Gasteiger partial charge in [-0.15, -0.1) is 11.3 Å². The zero-order chi connectivity index (χ0) is 20.9. The maximum atomic E-state index is 12.5. The molecule has 3 aromatic rings. The van der Waals surface area contributed by atoms with Crippen molar-refractivity contribution in [3.8, 4) is 0 Å². The lowest BCUT2D eigenvalue weighted by molar-refractivity contribution is 0.102. The molecular weight excluding hydrogens is 388 g/mol. The zero-order valence-corrected chi connectivity index (χ0v) is 17.4. The molecule has 0 unspecified atom stereocenters. The van der Waals surface area contributed by atoms with Crippen LogP contribution in [0.5, 0.6) is 0 Å². The second-order valence-electron chi connectivity index (χ2n) is 7.65. The van der Waals surface area contributed by atoms with Gasteiger partial charge in [0, 0.05) is 41.8 Å². The zero-order valence-electron chi connectivity index (χ0n) is 16.5. The molecule has 0 spiro atoms. The number of urea groups is 1. The van der Waals surface area contributed by atoms with E-state index < -0.39 is 0 Å². The van der Waals surface area contributed by atoms with E-state index in [1.165, 1.54) is 11.3 Å². The number of rotatable bonds is 6. The SMILES string of the molecule is CC(C)(C)[C@H](Cn1ccnc1)NC(=O)Nc1ccc(C(=O)Nc2nccs2)cc1. The number of hydrogen-bond donors (Lipinski definition) is 3. The number of thiazole rings is 1. The van der Waals surface area contributed by atoms with Crippen LogP contribution in [0.3, 0.4) is 0 Å². The Kier molecular flexibility index (Phi) is 6.28. The normalized spacial score (nSPS) is 12.2. The van der Waals surface area contributed by atoms with Gasteiger partial charge in [-0.2, -0.15) is 0 Å². The van der Waals surface area contributed by atoms with Crippen LogP contribution in [0.1, 0.15) is 31.1 Å². The largest absolute Gasteiger partial charge is 0.335 e. The van der Waals surface area contributed by atoms with Crippen LogP contribution >= 0.6 is 11.3 Å². The first kappa shape index (κ1) is 20.5. The van der Waals surface area contributed by atoms with Gasteiger partial charge in [0.1, 0.15) is 0 Å². The van der Waals surface area contributed by atoms with Gasteiger partial charge >= 0.3 is 6.03 Å². The van der Waals surface area contributed by atoms with Crippen LogP contribution < -0.4 is 16.0 Å². The van der Waals surface area contributed by atoms with Gasteiger partial charge in [-0.1, -0.05) is 20.8 Å². The van der Waals surface area contributed by atoms with Crippen molar-refractivity contribution in [3.63, 3.8) is 0 Å². The number of benzene rings is 1. The Labute approximate surface area is 173 Å². The predicted octanol–water partition coefficient (Wildman–Crippen LogP) is 3.83. The maximum Gasteiger partial charge on any atom is 0.319 e. The van der Waals surface area contributed by atoms with Crippen LogP contribution in [0.2, 0.25) is 0 Å². The number of amides is 3. The van der Waals surface area contributed by atoms with Crippen molar-refractivity contribution in [1.29, 1.82) is 0 Å². The number of nitrogens with one attached hydrogen (secondary N) is 3. The first-order chi connectivity index (χ1) is 13.8. The topological polar surface area (TPSA) is 101 Å². The number of carbonyl (C=O) groups excluding carboxylic acids is 2. The van der Waals surface area contributed by atoms with Crippen molar-refractivity contribution in [2.24, 2.45) is 5.41 Å². The minimum Gasteiger partial charge on any atom is -0.335 e. The molecule has 0 radical (unpaired) electrons. The Morgan fingerprint density at radius 3 is 2.48 bits per heavy atom. The highest BCUT2D eigenvalue weighted by atomic mass is 32.1. The van der Waals surface area contributed by atoms with Crippen molar-refractivity contribution in [1.82, 2.24) is 19.9 Å². The summed E-state index contributed by atoms with van der Waals surface area (Å²) >= 11 is 1.35. The number of aromatic nitrogens is 3. The van der Waals surface area contributed by atoms with E-state index in [1.54, 1.807) is 48.4 Å². The number of carbonyl (C=O) groups is 2. The maximum absolute atomic E-state index is 12.5. The van der Waals surface area contributed by atoms with E-state index in [4.69, 9.17) is 0 Å². The van der Waals surface area contributed by atoms with Crippen molar-refractivity contribution < 1.29 is 9.59 Å². The summed E-state index contributed by atoms with van der Waals surface area (Å²) in [7, 11) is 0. The fraction of sp³-hybridized carbons (Fsp3) is 0.300. The highest BCUT2D eigenvalue weighted by Crippen LogP contribution is 2.21. The van der Waals surface area contributed by atoms with Crippen molar-refractivity contribution in [2.75, 3.05) is 10.6 Å². The van der Waals surface area contributed by atoms with Crippen LogP contribution in [0, 0.1) is 5.41 Å². The first-order valence-electron chi connectivity index (χ1n) is 9.15. The fourth-order valence-electron chi connectivity index (χ4n) is 2.63. The van der Waals surface area contributed by atoms with Gasteiger partial charge in [0.25, 0.3) is 5.91 Å². The Bertz CT molecular complexity index is 931. The van der Waals surface area contributed by atoms with E-state index in [0.29, 0.717) is 22.9 Å². The average molecular weight is 413 g/mol. The summed E-state index contributed by atoms with van der Waals surface area (Å²) in [5, 5.41) is 10.9. The Morgan fingerprint density at radius 1 is 1.14 bits per heavy atom. The molecule has 8 nitrogen and oxygen atoms in total. The molecule has 3 N–H and O–H groups in total. The Balaban J connectivity index is 1.58. The third-order valence-electron chi connectivity index (χ3n) is 4.36. The van der Waals surface area contributed by atoms with Gasteiger partial charge in [0.05, 0.1) is 12.4 Å². The van der Waals surface area contributed by atoms with Gasteiger partial charge in [0.15, 0.2) is 5.13 Å². The molecule has 9 heteroatoms. The van der Waals surface area contributed by atoms with E-state index in [2.05, 4.69) is 46.7 Å². The van der Waals surface area contributed by atoms with Gasteiger partial charge in [-0.25, -0.2) is 14.8 Å². The number of anilines is 2. The third-order valence-corrected chi connectivity index (χ3v) is 5.05. The molecule has 1 aromatic carbocycles. The molecule has 0 saturated carbocycles. The van der Waals surface area contributed by atoms with Crippen molar-refractivity contribution in [3.05, 3.63) is 60.1 Å². The molecular formula is C20H24N6O2S. The van der Waals surface area contributed by atoms with E-state index in [1.807, 2.05) is 10.8 Å². The molecule has 2 heterocycles. The fourth-order valence-corrected chi connectivity index (χ4v) is 3.15. The van der Waals surface area contributed by atoms with Crippen LogP contribution in [0.15, 0.2) is 54.6 Å². The lowest BCUT2D eigenvalue weighted by atomic mass is 9.86. The Morgan fingerprint density at radius 2 is 1.90 bits per heavy atom. The molecule has 0 fully saturated rings. The molecule has 0 bridgehead atoms. The molecule has 0 aliphatic rings. The lowest BCUT2D eigenvalue weighted by Gasteiger charge is -2.31. The molecule has 152 valence electrons. The standard InChI is InChI=1S/C20H24N6O2S/c1-20(2,3)16(12-26-10-8-21-13-26)24-18(28)23-15-6-4-14(5-7-15)17(27)25-19-22-9-11-29-19/h4-11,13,16H,12H2,1-3H3,(H,22,25,27)(H2,23,24,28)/t16-/m0/s1. The minimum absolute atomic E-state index is 0.0972. The molecule has 0 aliphatic carbocycles. The number of imidazole rings is 1. The van der Waals surface area contributed by atoms with Crippen LogP contribution in [0.4, 0.5) is 15.6 Å². The Hall–Kier alpha value is -3.20. The first-order valence-corrected chi connectivity index (χ1v) is 10.0. The van der Waals surface area contributed by atoms with E-state index >= 15 is 0 Å². The summed E-state index contributed by atoms with van der Waals surface area (Å²) in [5.74, 6) is -0.246. The van der Waals surface area contributed by atoms with E-state index in [-0.39, 0.29) is 23.4 Å². The average Bonchev–Trinajstić information content (AvgIpc) is 3.35. The quantitative estimate of drug-likeness (QED) is 0.573. The monoisotopic (exact) mass is 412 g/mol. The summed E-state index contributed by atoms with van der Waals surface area (Å²) in [6.45, 7) is 6.84. The molecule has 29 heavy (non-hydrogen) atoms. The summed E-state index contributed by atoms with van der Waals surface area (Å²) in [4.78, 5) is 32.8. The lowest BCUT2D eigenvalue weighted by Crippen LogP contribution is -2.47. The van der Waals surface area contributed by atoms with E-state index in [0.717, 1.165) is 0 Å². The summed E-state index contributed by atoms with van der Waals surface area (Å²) in [6, 6.07) is 6.30. The van der Waals surface area contributed by atoms with Gasteiger partial charge in [-0.3, -0.25) is 10.1 Å². The van der Waals surface area contributed by atoms with Crippen LogP contribution in [-0.4, -0.2) is 32.5 Å². The summed E-state index contributed by atoms with van der Waals surface area (Å²) in [5.41, 5.74) is 0.946. The van der Waals surface area contributed by atoms with Gasteiger partial charge < -0.3 is 15.2 Å². The predicted molar refractivity (Wildman–Crippen MR) is 114 cm³/mol. The second-order valence-corrected chi connectivity index (χ2v) is 8.54. The highest BCUT2D eigenvalue weighted by Gasteiger charge is 2.26. The van der Waals surface area contributed by atoms with Gasteiger partial charge in [0.2, 0.25) is 0 Å². The smallest absolute Gasteiger partial charge is 0.319 e. The summed E-state index contributed by atoms with van der Waals surface area (Å²) < 4.78 is 1.94. The van der Waals surface area contributed by atoms with Crippen LogP contribution in [0.25, 0.3) is 0 Å². The van der Waals surface area contributed by atoms with Crippen LogP contribution in [-0.2, 0) is 6.54 Å². The highest BCUT2D eigenvalue weighted by molar-refractivity contribution is 7.13. The van der Waals surface area contributed by atoms with Crippen molar-refractivity contribution in [2.45, 2.75) is 33.4 Å². The number of nitrogens with zero attached hydrogens (tertiary/aromatic N) is 3. The minimum atomic E-state index is -0.301. The number of hydrogen-bond acceptors (Lipinski definition) is 5. The molecule has 0 saturated heterocycles. The molecule has 2 aromatic heterocycles. The molecule has 0 aliphatic heterocycles.